The van der Waals surface area contributed by atoms with Crippen LogP contribution in [-0.2, 0) is 0 Å². The lowest BCUT2D eigenvalue weighted by Gasteiger charge is -2.50. The van der Waals surface area contributed by atoms with Crippen LogP contribution in [0.2, 0.25) is 32.7 Å². The first kappa shape index (κ1) is 14.4. The van der Waals surface area contributed by atoms with Crippen molar-refractivity contribution >= 4 is 16.6 Å². The van der Waals surface area contributed by atoms with Crippen LogP contribution in [0.25, 0.3) is 0 Å². The van der Waals surface area contributed by atoms with Crippen molar-refractivity contribution in [2.24, 2.45) is 0 Å². The predicted octanol–water partition coefficient (Wildman–Crippen LogP) is 3.38. The average molecular weight is 259 g/mol. The minimum atomic E-state index is -1.42. The van der Waals surface area contributed by atoms with Crippen LogP contribution in [0.1, 0.15) is 33.1 Å². The molecule has 1 aliphatic rings. The molecular formula is C12H30N2Si2. The van der Waals surface area contributed by atoms with Gasteiger partial charge in [0.05, 0.1) is 0 Å². The molecule has 2 nitrogen and oxygen atoms in total. The Morgan fingerprint density at radius 2 is 1.38 bits per heavy atom. The molecule has 0 spiro atoms. The minimum Gasteiger partial charge on any atom is -0.348 e. The van der Waals surface area contributed by atoms with Gasteiger partial charge in [0.15, 0.2) is 8.40 Å². The summed E-state index contributed by atoms with van der Waals surface area (Å²) in [5.41, 5.74) is 0. The molecule has 4 heteroatoms. The third-order valence-corrected chi connectivity index (χ3v) is 11.1. The van der Waals surface area contributed by atoms with Gasteiger partial charge in [0.25, 0.3) is 0 Å². The third-order valence-electron chi connectivity index (χ3n) is 3.52. The highest BCUT2D eigenvalue weighted by Crippen LogP contribution is 2.27. The molecule has 96 valence electrons. The molecule has 0 saturated carbocycles. The van der Waals surface area contributed by atoms with E-state index in [1.807, 2.05) is 0 Å². The summed E-state index contributed by atoms with van der Waals surface area (Å²) < 4.78 is 6.86. The molecule has 1 heterocycles. The number of rotatable bonds is 3. The Kier molecular flexibility index (Phi) is 4.43. The molecule has 1 saturated heterocycles. The SMILES string of the molecule is CC1CCCC(C)N1[Si](C)(C)N[Si](C)(C)C. The van der Waals surface area contributed by atoms with Gasteiger partial charge in [-0.25, -0.2) is 0 Å². The standard InChI is InChI=1S/C12H30N2Si2/c1-11-9-8-10-12(2)14(11)16(6,7)13-15(3,4)5/h11-13H,8-10H2,1-7H3. The van der Waals surface area contributed by atoms with Gasteiger partial charge in [-0.1, -0.05) is 39.9 Å². The monoisotopic (exact) mass is 258 g/mol. The van der Waals surface area contributed by atoms with Gasteiger partial charge < -0.3 is 9.21 Å². The largest absolute Gasteiger partial charge is 0.348 e. The van der Waals surface area contributed by atoms with E-state index in [0.29, 0.717) is 0 Å². The quantitative estimate of drug-likeness (QED) is 0.781. The summed E-state index contributed by atoms with van der Waals surface area (Å²) in [6.45, 7) is 17.1. The van der Waals surface area contributed by atoms with E-state index in [1.54, 1.807) is 0 Å². The Balaban J connectivity index is 2.79. The summed E-state index contributed by atoms with van der Waals surface area (Å²) in [5.74, 6) is 0. The van der Waals surface area contributed by atoms with Crippen molar-refractivity contribution in [1.82, 2.24) is 9.21 Å². The van der Waals surface area contributed by atoms with Crippen molar-refractivity contribution in [3.63, 3.8) is 0 Å². The smallest absolute Gasteiger partial charge is 0.191 e. The first-order valence-electron chi connectivity index (χ1n) is 6.71. The lowest BCUT2D eigenvalue weighted by Crippen LogP contribution is -2.71. The van der Waals surface area contributed by atoms with E-state index in [2.05, 4.69) is 55.8 Å². The van der Waals surface area contributed by atoms with Crippen molar-refractivity contribution in [3.8, 4) is 0 Å². The Morgan fingerprint density at radius 3 is 1.75 bits per heavy atom. The number of hydrogen-bond acceptors (Lipinski definition) is 2. The van der Waals surface area contributed by atoms with Crippen LogP contribution in [0, 0.1) is 0 Å². The van der Waals surface area contributed by atoms with E-state index in [4.69, 9.17) is 0 Å². The second-order valence-electron chi connectivity index (χ2n) is 6.97. The highest BCUT2D eigenvalue weighted by molar-refractivity contribution is 6.89. The van der Waals surface area contributed by atoms with Gasteiger partial charge in [-0.3, -0.25) is 0 Å². The van der Waals surface area contributed by atoms with Gasteiger partial charge in [0.2, 0.25) is 0 Å². The van der Waals surface area contributed by atoms with E-state index in [9.17, 15) is 0 Å². The molecule has 2 unspecified atom stereocenters. The molecule has 0 amide bonds. The number of piperidine rings is 1. The molecule has 0 aromatic rings. The van der Waals surface area contributed by atoms with Crippen molar-refractivity contribution in [1.29, 1.82) is 0 Å². The molecule has 1 rings (SSSR count). The van der Waals surface area contributed by atoms with E-state index in [1.165, 1.54) is 19.3 Å². The molecule has 1 fully saturated rings. The zero-order valence-corrected chi connectivity index (χ0v) is 14.2. The highest BCUT2D eigenvalue weighted by Gasteiger charge is 2.40. The first-order valence-corrected chi connectivity index (χ1v) is 13.2. The highest BCUT2D eigenvalue weighted by atomic mass is 28.4. The summed E-state index contributed by atoms with van der Waals surface area (Å²) in [5, 5.41) is 0. The lowest BCUT2D eigenvalue weighted by atomic mass is 10.0. The van der Waals surface area contributed by atoms with Crippen LogP contribution < -0.4 is 4.65 Å². The van der Waals surface area contributed by atoms with Crippen molar-refractivity contribution in [3.05, 3.63) is 0 Å². The fourth-order valence-corrected chi connectivity index (χ4v) is 13.8. The van der Waals surface area contributed by atoms with Crippen LogP contribution in [-0.4, -0.2) is 33.3 Å². The van der Waals surface area contributed by atoms with Gasteiger partial charge in [-0.15, -0.1) is 0 Å². The zero-order valence-electron chi connectivity index (χ0n) is 12.2. The molecular weight excluding hydrogens is 228 g/mol. The topological polar surface area (TPSA) is 15.3 Å². The van der Waals surface area contributed by atoms with Gasteiger partial charge in [-0.05, 0) is 25.9 Å². The Bertz CT molecular complexity index is 226. The maximum atomic E-state index is 4.03. The van der Waals surface area contributed by atoms with E-state index < -0.39 is 16.6 Å². The Morgan fingerprint density at radius 1 is 0.938 bits per heavy atom. The molecule has 0 aromatic carbocycles. The van der Waals surface area contributed by atoms with Crippen molar-refractivity contribution in [2.45, 2.75) is 77.9 Å². The second-order valence-corrected chi connectivity index (χ2v) is 16.1. The van der Waals surface area contributed by atoms with Crippen LogP contribution in [0.4, 0.5) is 0 Å². The van der Waals surface area contributed by atoms with E-state index in [0.717, 1.165) is 12.1 Å². The van der Waals surface area contributed by atoms with Crippen molar-refractivity contribution in [2.75, 3.05) is 0 Å². The van der Waals surface area contributed by atoms with Crippen molar-refractivity contribution < 1.29 is 0 Å². The summed E-state index contributed by atoms with van der Waals surface area (Å²) in [6, 6.07) is 1.54. The minimum absolute atomic E-state index is 0.772. The fraction of sp³-hybridized carbons (Fsp3) is 1.00. The normalized spacial score (nSPS) is 29.4. The number of nitrogens with zero attached hydrogens (tertiary/aromatic N) is 1. The third kappa shape index (κ3) is 3.69. The van der Waals surface area contributed by atoms with Crippen LogP contribution in [0.15, 0.2) is 0 Å². The average Bonchev–Trinajstić information content (AvgIpc) is 1.97. The predicted molar refractivity (Wildman–Crippen MR) is 78.6 cm³/mol. The Labute approximate surface area is 104 Å². The van der Waals surface area contributed by atoms with Gasteiger partial charge >= 0.3 is 0 Å². The molecule has 1 N–H and O–H groups in total. The van der Waals surface area contributed by atoms with Gasteiger partial charge in [0.1, 0.15) is 8.24 Å². The van der Waals surface area contributed by atoms with Crippen LogP contribution >= 0.6 is 0 Å². The summed E-state index contributed by atoms with van der Waals surface area (Å²) in [4.78, 5) is 0. The lowest BCUT2D eigenvalue weighted by molar-refractivity contribution is 0.192. The molecule has 0 aliphatic carbocycles. The zero-order chi connectivity index (χ0) is 12.6. The molecule has 0 bridgehead atoms. The van der Waals surface area contributed by atoms with Crippen LogP contribution in [0.3, 0.4) is 0 Å². The fourth-order valence-electron chi connectivity index (χ4n) is 3.51. The molecule has 16 heavy (non-hydrogen) atoms. The van der Waals surface area contributed by atoms with Gasteiger partial charge in [0, 0.05) is 12.1 Å². The molecule has 1 aliphatic heterocycles. The Hall–Kier alpha value is 0.354. The summed E-state index contributed by atoms with van der Waals surface area (Å²) in [7, 11) is -2.58. The van der Waals surface area contributed by atoms with E-state index in [-0.39, 0.29) is 0 Å². The molecule has 2 atom stereocenters. The van der Waals surface area contributed by atoms with Gasteiger partial charge in [-0.2, -0.15) is 0 Å². The first-order chi connectivity index (χ1) is 7.13. The maximum absolute atomic E-state index is 4.03. The molecule has 0 radical (unpaired) electrons. The second kappa shape index (κ2) is 4.92. The maximum Gasteiger partial charge on any atom is 0.191 e. The summed E-state index contributed by atoms with van der Waals surface area (Å²) >= 11 is 0. The summed E-state index contributed by atoms with van der Waals surface area (Å²) in [6.07, 6.45) is 4.18. The number of nitrogens with one attached hydrogen (secondary N) is 1. The van der Waals surface area contributed by atoms with E-state index >= 15 is 0 Å². The molecule has 0 aromatic heterocycles. The van der Waals surface area contributed by atoms with Crippen LogP contribution in [0.5, 0.6) is 0 Å². The number of hydrogen-bond donors (Lipinski definition) is 1.